The molecule has 0 spiro atoms. The van der Waals surface area contributed by atoms with E-state index in [9.17, 15) is 10.2 Å². The van der Waals surface area contributed by atoms with Crippen LogP contribution in [0.25, 0.3) is 0 Å². The minimum atomic E-state index is -0.00610. The van der Waals surface area contributed by atoms with Crippen molar-refractivity contribution in [1.29, 1.82) is 0 Å². The van der Waals surface area contributed by atoms with Crippen molar-refractivity contribution in [3.05, 3.63) is 22.8 Å². The third-order valence-corrected chi connectivity index (χ3v) is 3.86. The number of hydrogen-bond acceptors (Lipinski definition) is 4. The molecule has 3 N–H and O–H groups in total. The highest BCUT2D eigenvalue weighted by Crippen LogP contribution is 2.33. The molecule has 0 atom stereocenters. The van der Waals surface area contributed by atoms with Gasteiger partial charge in [0.15, 0.2) is 11.5 Å². The largest absolute Gasteiger partial charge is 0.504 e. The fourth-order valence-electron chi connectivity index (χ4n) is 2.43. The second-order valence-corrected chi connectivity index (χ2v) is 5.00. The van der Waals surface area contributed by atoms with Gasteiger partial charge < -0.3 is 20.4 Å². The summed E-state index contributed by atoms with van der Waals surface area (Å²) in [7, 11) is 0. The Bertz CT molecular complexity index is 426. The summed E-state index contributed by atoms with van der Waals surface area (Å²) < 4.78 is 0. The molecule has 1 saturated heterocycles. The first-order chi connectivity index (χ1) is 8.59. The Morgan fingerprint density at radius 3 is 2.50 bits per heavy atom. The smallest absolute Gasteiger partial charge is 0.160 e. The molecule has 0 amide bonds. The first-order valence-corrected chi connectivity index (χ1v) is 6.53. The molecule has 0 saturated carbocycles. The maximum absolute atomic E-state index is 9.67. The van der Waals surface area contributed by atoms with Gasteiger partial charge in [-0.05, 0) is 43.0 Å². The third-order valence-electron chi connectivity index (χ3n) is 3.86. The predicted octanol–water partition coefficient (Wildman–Crippen LogP) is 1.16. The summed E-state index contributed by atoms with van der Waals surface area (Å²) in [4.78, 5) is 2.43. The number of benzene rings is 1. The van der Waals surface area contributed by atoms with Gasteiger partial charge in [0, 0.05) is 32.7 Å². The van der Waals surface area contributed by atoms with E-state index in [4.69, 9.17) is 0 Å². The van der Waals surface area contributed by atoms with Crippen LogP contribution >= 0.6 is 0 Å². The summed E-state index contributed by atoms with van der Waals surface area (Å²) in [6, 6.07) is 1.69. The van der Waals surface area contributed by atoms with Crippen LogP contribution in [-0.4, -0.2) is 47.8 Å². The third kappa shape index (κ3) is 2.76. The highest BCUT2D eigenvalue weighted by molar-refractivity contribution is 5.51. The number of rotatable bonds is 3. The van der Waals surface area contributed by atoms with E-state index >= 15 is 0 Å². The summed E-state index contributed by atoms with van der Waals surface area (Å²) in [5.41, 5.74) is 2.99. The molecule has 1 aliphatic rings. The van der Waals surface area contributed by atoms with Gasteiger partial charge in [0.25, 0.3) is 0 Å². The van der Waals surface area contributed by atoms with Crippen LogP contribution in [0, 0.1) is 13.8 Å². The lowest BCUT2D eigenvalue weighted by molar-refractivity contribution is 0.243. The minimum absolute atomic E-state index is 0.00610. The number of piperazine rings is 1. The van der Waals surface area contributed by atoms with Crippen molar-refractivity contribution in [2.24, 2.45) is 0 Å². The van der Waals surface area contributed by atoms with Gasteiger partial charge >= 0.3 is 0 Å². The topological polar surface area (TPSA) is 55.7 Å². The molecule has 0 radical (unpaired) electrons. The van der Waals surface area contributed by atoms with Crippen molar-refractivity contribution in [2.45, 2.75) is 20.3 Å². The van der Waals surface area contributed by atoms with Gasteiger partial charge in [-0.15, -0.1) is 0 Å². The van der Waals surface area contributed by atoms with E-state index in [-0.39, 0.29) is 11.5 Å². The zero-order valence-electron chi connectivity index (χ0n) is 11.2. The molecule has 0 aliphatic carbocycles. The van der Waals surface area contributed by atoms with Gasteiger partial charge in [0.1, 0.15) is 0 Å². The summed E-state index contributed by atoms with van der Waals surface area (Å²) in [5, 5.41) is 22.7. The quantitative estimate of drug-likeness (QED) is 0.705. The molecule has 0 bridgehead atoms. The molecule has 2 rings (SSSR count). The predicted molar refractivity (Wildman–Crippen MR) is 72.3 cm³/mol. The van der Waals surface area contributed by atoms with E-state index < -0.39 is 0 Å². The van der Waals surface area contributed by atoms with Crippen LogP contribution in [-0.2, 0) is 6.42 Å². The van der Waals surface area contributed by atoms with Crippen molar-refractivity contribution in [3.63, 3.8) is 0 Å². The Labute approximate surface area is 108 Å². The number of phenols is 2. The molecule has 18 heavy (non-hydrogen) atoms. The van der Waals surface area contributed by atoms with E-state index in [0.717, 1.165) is 55.8 Å². The molecule has 4 heteroatoms. The van der Waals surface area contributed by atoms with E-state index in [1.807, 2.05) is 13.8 Å². The second kappa shape index (κ2) is 5.59. The van der Waals surface area contributed by atoms with Crippen LogP contribution in [0.1, 0.15) is 16.7 Å². The van der Waals surface area contributed by atoms with Crippen LogP contribution in [0.5, 0.6) is 11.5 Å². The number of aromatic hydroxyl groups is 2. The standard InChI is InChI=1S/C14H22N2O2/c1-10-11(2)14(18)13(17)9-12(10)3-6-16-7-4-15-5-8-16/h9,15,17-18H,3-8H2,1-2H3. The van der Waals surface area contributed by atoms with Gasteiger partial charge in [0.05, 0.1) is 0 Å². The normalized spacial score (nSPS) is 17.0. The number of nitrogens with zero attached hydrogens (tertiary/aromatic N) is 1. The average molecular weight is 250 g/mol. The molecular weight excluding hydrogens is 228 g/mol. The van der Waals surface area contributed by atoms with Crippen molar-refractivity contribution in [1.82, 2.24) is 10.2 Å². The average Bonchev–Trinajstić information content (AvgIpc) is 2.40. The zero-order chi connectivity index (χ0) is 13.1. The minimum Gasteiger partial charge on any atom is -0.504 e. The molecule has 100 valence electrons. The van der Waals surface area contributed by atoms with Crippen LogP contribution in [0.15, 0.2) is 6.07 Å². The fourth-order valence-corrected chi connectivity index (χ4v) is 2.43. The lowest BCUT2D eigenvalue weighted by Gasteiger charge is -2.27. The Balaban J connectivity index is 2.05. The van der Waals surface area contributed by atoms with Gasteiger partial charge in [-0.2, -0.15) is 0 Å². The maximum atomic E-state index is 9.67. The van der Waals surface area contributed by atoms with Crippen LogP contribution < -0.4 is 5.32 Å². The molecule has 1 aliphatic heterocycles. The van der Waals surface area contributed by atoms with Crippen molar-refractivity contribution in [3.8, 4) is 11.5 Å². The van der Waals surface area contributed by atoms with Crippen molar-refractivity contribution >= 4 is 0 Å². The Hall–Kier alpha value is -1.26. The van der Waals surface area contributed by atoms with Gasteiger partial charge in [0.2, 0.25) is 0 Å². The Morgan fingerprint density at radius 1 is 1.17 bits per heavy atom. The zero-order valence-corrected chi connectivity index (χ0v) is 11.2. The van der Waals surface area contributed by atoms with Crippen LogP contribution in [0.3, 0.4) is 0 Å². The summed E-state index contributed by atoms with van der Waals surface area (Å²) in [6.45, 7) is 9.13. The molecule has 1 aromatic carbocycles. The summed E-state index contributed by atoms with van der Waals surface area (Å²) in [5.74, 6) is 0.00633. The van der Waals surface area contributed by atoms with Crippen molar-refractivity contribution in [2.75, 3.05) is 32.7 Å². The molecular formula is C14H22N2O2. The van der Waals surface area contributed by atoms with Gasteiger partial charge in [-0.1, -0.05) is 0 Å². The van der Waals surface area contributed by atoms with E-state index in [2.05, 4.69) is 10.2 Å². The second-order valence-electron chi connectivity index (χ2n) is 5.00. The van der Waals surface area contributed by atoms with Crippen LogP contribution in [0.2, 0.25) is 0 Å². The lowest BCUT2D eigenvalue weighted by atomic mass is 9.99. The molecule has 0 unspecified atom stereocenters. The molecule has 0 aromatic heterocycles. The Kier molecular flexibility index (Phi) is 4.09. The van der Waals surface area contributed by atoms with E-state index in [1.165, 1.54) is 0 Å². The molecule has 1 fully saturated rings. The highest BCUT2D eigenvalue weighted by Gasteiger charge is 2.13. The molecule has 4 nitrogen and oxygen atoms in total. The molecule has 1 aromatic rings. The maximum Gasteiger partial charge on any atom is 0.160 e. The summed E-state index contributed by atoms with van der Waals surface area (Å²) in [6.07, 6.45) is 0.917. The van der Waals surface area contributed by atoms with Gasteiger partial charge in [-0.3, -0.25) is 0 Å². The first-order valence-electron chi connectivity index (χ1n) is 6.53. The number of nitrogens with one attached hydrogen (secondary N) is 1. The number of phenolic OH excluding ortho intramolecular Hbond substituents is 2. The fraction of sp³-hybridized carbons (Fsp3) is 0.571. The first kappa shape index (κ1) is 13.2. The van der Waals surface area contributed by atoms with Crippen LogP contribution in [0.4, 0.5) is 0 Å². The van der Waals surface area contributed by atoms with E-state index in [0.29, 0.717) is 0 Å². The summed E-state index contributed by atoms with van der Waals surface area (Å²) >= 11 is 0. The SMILES string of the molecule is Cc1c(CCN2CCNCC2)cc(O)c(O)c1C. The highest BCUT2D eigenvalue weighted by atomic mass is 16.3. The van der Waals surface area contributed by atoms with Gasteiger partial charge in [-0.25, -0.2) is 0 Å². The molecule has 1 heterocycles. The number of hydrogen-bond donors (Lipinski definition) is 3. The Morgan fingerprint density at radius 2 is 1.83 bits per heavy atom. The van der Waals surface area contributed by atoms with Crippen molar-refractivity contribution < 1.29 is 10.2 Å². The van der Waals surface area contributed by atoms with E-state index in [1.54, 1.807) is 6.07 Å². The lowest BCUT2D eigenvalue weighted by Crippen LogP contribution is -2.44. The monoisotopic (exact) mass is 250 g/mol.